The Hall–Kier alpha value is -0.800. The summed E-state index contributed by atoms with van der Waals surface area (Å²) < 4.78 is 27.5. The minimum absolute atomic E-state index is 0. The highest BCUT2D eigenvalue weighted by atomic mass is 35.5. The molecule has 1 rings (SSSR count). The lowest BCUT2D eigenvalue weighted by Gasteiger charge is -2.18. The molecule has 1 amide bonds. The molecule has 6 nitrogen and oxygen atoms in total. The molecule has 0 saturated carbocycles. The van der Waals surface area contributed by atoms with E-state index in [9.17, 15) is 13.2 Å². The zero-order chi connectivity index (χ0) is 18.0. The van der Waals surface area contributed by atoms with Gasteiger partial charge in [0.05, 0.1) is 4.90 Å². The minimum atomic E-state index is -3.72. The van der Waals surface area contributed by atoms with Crippen molar-refractivity contribution in [1.29, 1.82) is 0 Å². The summed E-state index contributed by atoms with van der Waals surface area (Å²) in [5, 5.41) is 5.80. The van der Waals surface area contributed by atoms with Crippen molar-refractivity contribution >= 4 is 40.1 Å². The molecular formula is C16H28ClN3O3S2. The van der Waals surface area contributed by atoms with Crippen molar-refractivity contribution in [2.24, 2.45) is 0 Å². The van der Waals surface area contributed by atoms with E-state index in [0.717, 1.165) is 18.5 Å². The number of thioether (sulfide) groups is 1. The van der Waals surface area contributed by atoms with E-state index in [0.29, 0.717) is 18.7 Å². The van der Waals surface area contributed by atoms with Gasteiger partial charge in [0.1, 0.15) is 6.04 Å². The molecule has 0 aromatic heterocycles. The zero-order valence-electron chi connectivity index (χ0n) is 14.9. The summed E-state index contributed by atoms with van der Waals surface area (Å²) in [7, 11) is -1.87. The molecule has 0 aliphatic rings. The zero-order valence-corrected chi connectivity index (χ0v) is 17.3. The van der Waals surface area contributed by atoms with E-state index in [2.05, 4.69) is 15.4 Å². The van der Waals surface area contributed by atoms with Crippen LogP contribution in [0.15, 0.2) is 29.2 Å². The van der Waals surface area contributed by atoms with Crippen LogP contribution < -0.4 is 15.4 Å². The molecule has 0 aliphatic heterocycles. The molecule has 3 N–H and O–H groups in total. The number of carbonyl (C=O) groups is 1. The first-order valence-electron chi connectivity index (χ1n) is 7.91. The van der Waals surface area contributed by atoms with Crippen LogP contribution in [0.2, 0.25) is 0 Å². The van der Waals surface area contributed by atoms with E-state index in [-0.39, 0.29) is 23.2 Å². The molecule has 25 heavy (non-hydrogen) atoms. The Labute approximate surface area is 161 Å². The van der Waals surface area contributed by atoms with Gasteiger partial charge in [0.2, 0.25) is 15.9 Å². The van der Waals surface area contributed by atoms with Crippen molar-refractivity contribution in [3.8, 4) is 0 Å². The Morgan fingerprint density at radius 1 is 1.20 bits per heavy atom. The number of rotatable bonds is 11. The van der Waals surface area contributed by atoms with Gasteiger partial charge in [-0.15, -0.1) is 12.4 Å². The van der Waals surface area contributed by atoms with Gasteiger partial charge in [0.25, 0.3) is 0 Å². The third-order valence-corrected chi connectivity index (χ3v) is 5.59. The van der Waals surface area contributed by atoms with Crippen molar-refractivity contribution in [3.63, 3.8) is 0 Å². The van der Waals surface area contributed by atoms with Gasteiger partial charge in [-0.25, -0.2) is 8.42 Å². The van der Waals surface area contributed by atoms with E-state index < -0.39 is 16.1 Å². The van der Waals surface area contributed by atoms with Gasteiger partial charge in [0, 0.05) is 6.54 Å². The molecule has 144 valence electrons. The van der Waals surface area contributed by atoms with Crippen LogP contribution in [0.4, 0.5) is 0 Å². The maximum Gasteiger partial charge on any atom is 0.241 e. The van der Waals surface area contributed by atoms with Gasteiger partial charge < -0.3 is 10.6 Å². The van der Waals surface area contributed by atoms with Crippen molar-refractivity contribution in [2.45, 2.75) is 30.7 Å². The fourth-order valence-corrected chi connectivity index (χ4v) is 3.75. The lowest BCUT2D eigenvalue weighted by molar-refractivity contribution is -0.122. The number of benzene rings is 1. The quantitative estimate of drug-likeness (QED) is 0.482. The standard InChI is InChI=1S/C16H27N3O3S2.ClH/c1-13-5-7-14(8-6-13)24(21,22)19-15(9-12-23-3)16(20)18-11-4-10-17-2;/h5-8,15,17,19H,4,9-12H2,1-3H3,(H,18,20);1H. The highest BCUT2D eigenvalue weighted by molar-refractivity contribution is 7.98. The highest BCUT2D eigenvalue weighted by Gasteiger charge is 2.25. The van der Waals surface area contributed by atoms with Crippen molar-refractivity contribution in [3.05, 3.63) is 29.8 Å². The molecule has 1 unspecified atom stereocenters. The fourth-order valence-electron chi connectivity index (χ4n) is 2.05. The van der Waals surface area contributed by atoms with Crippen molar-refractivity contribution in [2.75, 3.05) is 32.1 Å². The summed E-state index contributed by atoms with van der Waals surface area (Å²) in [6.07, 6.45) is 3.17. The number of carbonyl (C=O) groups excluding carboxylic acids is 1. The molecule has 0 aliphatic carbocycles. The molecule has 0 heterocycles. The number of halogens is 1. The van der Waals surface area contributed by atoms with Crippen LogP contribution in [0.3, 0.4) is 0 Å². The topological polar surface area (TPSA) is 87.3 Å². The maximum absolute atomic E-state index is 12.5. The normalized spacial score (nSPS) is 12.3. The monoisotopic (exact) mass is 409 g/mol. The molecule has 0 fully saturated rings. The largest absolute Gasteiger partial charge is 0.355 e. The van der Waals surface area contributed by atoms with Crippen LogP contribution in [0.25, 0.3) is 0 Å². The predicted octanol–water partition coefficient (Wildman–Crippen LogP) is 1.54. The lowest BCUT2D eigenvalue weighted by atomic mass is 10.2. The SMILES string of the molecule is CNCCCNC(=O)C(CCSC)NS(=O)(=O)c1ccc(C)cc1.Cl. The van der Waals surface area contributed by atoms with Crippen LogP contribution in [0, 0.1) is 6.92 Å². The van der Waals surface area contributed by atoms with Crippen molar-refractivity contribution < 1.29 is 13.2 Å². The first-order chi connectivity index (χ1) is 11.4. The van der Waals surface area contributed by atoms with E-state index in [4.69, 9.17) is 0 Å². The van der Waals surface area contributed by atoms with Crippen LogP contribution in [-0.2, 0) is 14.8 Å². The molecule has 0 radical (unpaired) electrons. The molecule has 9 heteroatoms. The summed E-state index contributed by atoms with van der Waals surface area (Å²) in [5.41, 5.74) is 0.982. The first kappa shape index (κ1) is 24.2. The van der Waals surface area contributed by atoms with Crippen LogP contribution in [0.1, 0.15) is 18.4 Å². The molecule has 1 aromatic carbocycles. The lowest BCUT2D eigenvalue weighted by Crippen LogP contribution is -2.47. The Morgan fingerprint density at radius 2 is 1.84 bits per heavy atom. The van der Waals surface area contributed by atoms with Crippen LogP contribution in [0.5, 0.6) is 0 Å². The second kappa shape index (κ2) is 12.5. The molecule has 0 spiro atoms. The average Bonchev–Trinajstić information content (AvgIpc) is 2.55. The van der Waals surface area contributed by atoms with Gasteiger partial charge in [0.15, 0.2) is 0 Å². The maximum atomic E-state index is 12.5. The molecule has 0 bridgehead atoms. The molecule has 1 aromatic rings. The third kappa shape index (κ3) is 8.91. The third-order valence-electron chi connectivity index (χ3n) is 3.46. The Balaban J connectivity index is 0.00000576. The van der Waals surface area contributed by atoms with Gasteiger partial charge in [-0.2, -0.15) is 16.5 Å². The molecular weight excluding hydrogens is 382 g/mol. The summed E-state index contributed by atoms with van der Waals surface area (Å²) in [6.45, 7) is 3.20. The average molecular weight is 410 g/mol. The predicted molar refractivity (Wildman–Crippen MR) is 107 cm³/mol. The molecule has 1 atom stereocenters. The Kier molecular flexibility index (Phi) is 12.1. The van der Waals surface area contributed by atoms with E-state index in [1.165, 1.54) is 0 Å². The van der Waals surface area contributed by atoms with E-state index >= 15 is 0 Å². The summed E-state index contributed by atoms with van der Waals surface area (Å²) in [6, 6.07) is 5.81. The number of hydrogen-bond donors (Lipinski definition) is 3. The van der Waals surface area contributed by atoms with Crippen LogP contribution >= 0.6 is 24.2 Å². The van der Waals surface area contributed by atoms with E-state index in [1.54, 1.807) is 36.0 Å². The Morgan fingerprint density at radius 3 is 2.40 bits per heavy atom. The van der Waals surface area contributed by atoms with Gasteiger partial charge >= 0.3 is 0 Å². The second-order valence-corrected chi connectivity index (χ2v) is 8.22. The van der Waals surface area contributed by atoms with Gasteiger partial charge in [-0.3, -0.25) is 4.79 Å². The summed E-state index contributed by atoms with van der Waals surface area (Å²) in [5.74, 6) is 0.418. The molecule has 0 saturated heterocycles. The summed E-state index contributed by atoms with van der Waals surface area (Å²) in [4.78, 5) is 12.5. The smallest absolute Gasteiger partial charge is 0.241 e. The second-order valence-electron chi connectivity index (χ2n) is 5.52. The minimum Gasteiger partial charge on any atom is -0.355 e. The number of aryl methyl sites for hydroxylation is 1. The highest BCUT2D eigenvalue weighted by Crippen LogP contribution is 2.12. The number of hydrogen-bond acceptors (Lipinski definition) is 5. The summed E-state index contributed by atoms with van der Waals surface area (Å²) >= 11 is 1.58. The first-order valence-corrected chi connectivity index (χ1v) is 10.8. The Bertz CT molecular complexity index is 610. The fraction of sp³-hybridized carbons (Fsp3) is 0.562. The number of nitrogens with one attached hydrogen (secondary N) is 3. The number of amides is 1. The van der Waals surface area contributed by atoms with Crippen LogP contribution in [-0.4, -0.2) is 52.5 Å². The van der Waals surface area contributed by atoms with Gasteiger partial charge in [-0.1, -0.05) is 17.7 Å². The van der Waals surface area contributed by atoms with Gasteiger partial charge in [-0.05, 0) is 57.5 Å². The van der Waals surface area contributed by atoms with E-state index in [1.807, 2.05) is 20.2 Å². The number of sulfonamides is 1. The van der Waals surface area contributed by atoms with Crippen molar-refractivity contribution in [1.82, 2.24) is 15.4 Å².